The minimum atomic E-state index is -0.552. The minimum absolute atomic E-state index is 0.391. The van der Waals surface area contributed by atoms with Crippen LogP contribution in [0, 0.1) is 6.92 Å². The van der Waals surface area contributed by atoms with Gasteiger partial charge in [0.1, 0.15) is 0 Å². The lowest BCUT2D eigenvalue weighted by Crippen LogP contribution is -2.41. The second kappa shape index (κ2) is 4.21. The number of nitrogens with zero attached hydrogens (tertiary/aromatic N) is 2. The predicted molar refractivity (Wildman–Crippen MR) is 69.0 cm³/mol. The largest absolute Gasteiger partial charge is 0.534 e. The van der Waals surface area contributed by atoms with Gasteiger partial charge in [-0.05, 0) is 34.6 Å². The highest BCUT2D eigenvalue weighted by Gasteiger charge is 2.53. The summed E-state index contributed by atoms with van der Waals surface area (Å²) in [5, 5.41) is 0. The van der Waals surface area contributed by atoms with Gasteiger partial charge in [0.15, 0.2) is 5.72 Å². The molecule has 1 aromatic rings. The van der Waals surface area contributed by atoms with Gasteiger partial charge in [0, 0.05) is 11.8 Å². The fraction of sp³-hybridized carbons (Fsp3) is 0.667. The topological polar surface area (TPSA) is 53.5 Å². The average molecular weight is 250 g/mol. The Kier molecular flexibility index (Phi) is 3.11. The molecule has 2 rings (SSSR count). The lowest BCUT2D eigenvalue weighted by molar-refractivity contribution is 0.00578. The van der Waals surface area contributed by atoms with Gasteiger partial charge in [-0.3, -0.25) is 0 Å². The first-order chi connectivity index (χ1) is 8.25. The molecule has 2 heterocycles. The van der Waals surface area contributed by atoms with E-state index in [4.69, 9.17) is 14.0 Å². The molecule has 0 amide bonds. The van der Waals surface area contributed by atoms with Crippen molar-refractivity contribution in [3.63, 3.8) is 0 Å². The van der Waals surface area contributed by atoms with Crippen LogP contribution in [0.2, 0.25) is 0 Å². The summed E-state index contributed by atoms with van der Waals surface area (Å²) in [7, 11) is 1.03. The van der Waals surface area contributed by atoms with Crippen LogP contribution in [-0.4, -0.2) is 35.4 Å². The van der Waals surface area contributed by atoms with Gasteiger partial charge in [0.25, 0.3) is 0 Å². The van der Waals surface area contributed by atoms with Crippen LogP contribution in [0.4, 0.5) is 0 Å². The molecule has 0 spiro atoms. The zero-order valence-electron chi connectivity index (χ0n) is 11.8. The Morgan fingerprint density at radius 2 is 1.67 bits per heavy atom. The van der Waals surface area contributed by atoms with Crippen LogP contribution in [0.3, 0.4) is 0 Å². The Labute approximate surface area is 108 Å². The summed E-state index contributed by atoms with van der Waals surface area (Å²) in [4.78, 5) is 8.64. The van der Waals surface area contributed by atoms with Crippen LogP contribution in [0.1, 0.15) is 33.4 Å². The van der Waals surface area contributed by atoms with Crippen LogP contribution >= 0.6 is 0 Å². The number of ether oxygens (including phenoxy) is 1. The summed E-state index contributed by atoms with van der Waals surface area (Å²) >= 11 is 0. The number of aryl methyl sites for hydroxylation is 1. The summed E-state index contributed by atoms with van der Waals surface area (Å²) in [6.07, 6.45) is 0. The Morgan fingerprint density at radius 1 is 1.11 bits per heavy atom. The van der Waals surface area contributed by atoms with Crippen molar-refractivity contribution in [2.75, 3.05) is 7.11 Å². The van der Waals surface area contributed by atoms with E-state index in [-0.39, 0.29) is 0 Å². The van der Waals surface area contributed by atoms with Gasteiger partial charge in [-0.15, -0.1) is 0 Å². The highest BCUT2D eigenvalue weighted by molar-refractivity contribution is 6.60. The van der Waals surface area contributed by atoms with Crippen molar-refractivity contribution in [3.8, 4) is 5.88 Å². The fourth-order valence-electron chi connectivity index (χ4n) is 1.72. The van der Waals surface area contributed by atoms with E-state index in [0.717, 1.165) is 5.69 Å². The molecule has 0 aliphatic carbocycles. The number of aromatic nitrogens is 2. The van der Waals surface area contributed by atoms with Crippen molar-refractivity contribution in [2.24, 2.45) is 0 Å². The summed E-state index contributed by atoms with van der Waals surface area (Å²) in [5.41, 5.74) is 0.549. The molecule has 0 saturated carbocycles. The van der Waals surface area contributed by atoms with E-state index in [0.29, 0.717) is 11.6 Å². The van der Waals surface area contributed by atoms with Gasteiger partial charge in [-0.1, -0.05) is 0 Å². The van der Waals surface area contributed by atoms with Gasteiger partial charge < -0.3 is 14.0 Å². The monoisotopic (exact) mass is 250 g/mol. The molecule has 18 heavy (non-hydrogen) atoms. The van der Waals surface area contributed by atoms with Crippen molar-refractivity contribution >= 4 is 12.8 Å². The smallest absolute Gasteiger partial charge is 0.481 e. The fourth-order valence-corrected chi connectivity index (χ4v) is 1.72. The molecule has 1 aliphatic heterocycles. The van der Waals surface area contributed by atoms with E-state index >= 15 is 0 Å². The molecular formula is C12H19BN2O3. The van der Waals surface area contributed by atoms with E-state index in [9.17, 15) is 0 Å². The first kappa shape index (κ1) is 13.3. The summed E-state index contributed by atoms with van der Waals surface area (Å²) in [6, 6.07) is 1.77. The lowest BCUT2D eigenvalue weighted by atomic mass is 9.89. The molecule has 0 bridgehead atoms. The Morgan fingerprint density at radius 3 is 2.17 bits per heavy atom. The normalized spacial score (nSPS) is 21.1. The molecule has 5 nitrogen and oxygen atoms in total. The maximum Gasteiger partial charge on any atom is 0.534 e. The minimum Gasteiger partial charge on any atom is -0.481 e. The van der Waals surface area contributed by atoms with Crippen LogP contribution < -0.4 is 10.5 Å². The van der Waals surface area contributed by atoms with E-state index in [1.54, 1.807) is 13.2 Å². The highest BCUT2D eigenvalue weighted by Crippen LogP contribution is 2.36. The highest BCUT2D eigenvalue weighted by atomic mass is 16.7. The van der Waals surface area contributed by atoms with Gasteiger partial charge in [0.2, 0.25) is 5.88 Å². The molecule has 0 atom stereocenters. The van der Waals surface area contributed by atoms with Crippen molar-refractivity contribution in [1.82, 2.24) is 9.97 Å². The average Bonchev–Trinajstić information content (AvgIpc) is 2.47. The maximum atomic E-state index is 5.90. The third-order valence-corrected chi connectivity index (χ3v) is 3.52. The first-order valence-electron chi connectivity index (χ1n) is 6.00. The van der Waals surface area contributed by atoms with Crippen LogP contribution in [0.5, 0.6) is 5.88 Å². The van der Waals surface area contributed by atoms with Gasteiger partial charge in [-0.25, -0.2) is 9.97 Å². The molecule has 1 fully saturated rings. The number of hydrogen-bond donors (Lipinski definition) is 0. The van der Waals surface area contributed by atoms with Gasteiger partial charge >= 0.3 is 7.12 Å². The third kappa shape index (κ3) is 2.22. The van der Waals surface area contributed by atoms with Crippen molar-refractivity contribution in [2.45, 2.75) is 45.8 Å². The summed E-state index contributed by atoms with van der Waals surface area (Å²) < 4.78 is 16.9. The Bertz CT molecular complexity index is 447. The molecule has 1 saturated heterocycles. The molecule has 6 heteroatoms. The second-order valence-electron chi connectivity index (χ2n) is 5.50. The molecule has 98 valence electrons. The molecule has 0 aromatic carbocycles. The van der Waals surface area contributed by atoms with E-state index in [2.05, 4.69) is 9.97 Å². The Hall–Kier alpha value is -1.14. The van der Waals surface area contributed by atoms with Crippen LogP contribution in [0.25, 0.3) is 0 Å². The second-order valence-corrected chi connectivity index (χ2v) is 5.50. The van der Waals surface area contributed by atoms with Gasteiger partial charge in [0.05, 0.1) is 18.3 Å². The van der Waals surface area contributed by atoms with Crippen molar-refractivity contribution in [1.29, 1.82) is 0 Å². The number of methoxy groups -OCH3 is 1. The van der Waals surface area contributed by atoms with Crippen LogP contribution in [0.15, 0.2) is 6.07 Å². The SMILES string of the molecule is COc1cc(C)nc(B2OC(C)(C)C(C)(C)O2)n1. The molecule has 0 radical (unpaired) electrons. The van der Waals surface area contributed by atoms with E-state index in [1.807, 2.05) is 34.6 Å². The summed E-state index contributed by atoms with van der Waals surface area (Å²) in [6.45, 7) is 9.89. The van der Waals surface area contributed by atoms with E-state index in [1.165, 1.54) is 0 Å². The van der Waals surface area contributed by atoms with Crippen molar-refractivity contribution in [3.05, 3.63) is 11.8 Å². The predicted octanol–water partition coefficient (Wildman–Crippen LogP) is 1.09. The zero-order valence-corrected chi connectivity index (χ0v) is 11.8. The van der Waals surface area contributed by atoms with E-state index < -0.39 is 18.3 Å². The maximum absolute atomic E-state index is 5.90. The third-order valence-electron chi connectivity index (χ3n) is 3.52. The van der Waals surface area contributed by atoms with Gasteiger partial charge in [-0.2, -0.15) is 0 Å². The number of hydrogen-bond acceptors (Lipinski definition) is 5. The Balaban J connectivity index is 2.32. The zero-order chi connectivity index (χ0) is 13.6. The standard InChI is InChI=1S/C12H19BN2O3/c1-8-7-9(16-6)15-10(14-8)13-17-11(2,3)12(4,5)18-13/h7H,1-6H3. The molecular weight excluding hydrogens is 231 g/mol. The lowest BCUT2D eigenvalue weighted by Gasteiger charge is -2.32. The molecule has 1 aliphatic rings. The molecule has 1 aromatic heterocycles. The number of rotatable bonds is 2. The quantitative estimate of drug-likeness (QED) is 0.735. The first-order valence-corrected chi connectivity index (χ1v) is 6.00. The van der Waals surface area contributed by atoms with Crippen LogP contribution in [-0.2, 0) is 9.31 Å². The van der Waals surface area contributed by atoms with Crippen molar-refractivity contribution < 1.29 is 14.0 Å². The molecule has 0 N–H and O–H groups in total. The summed E-state index contributed by atoms with van der Waals surface area (Å²) in [5.74, 6) is 0.521. The molecule has 0 unspecified atom stereocenters.